The van der Waals surface area contributed by atoms with Crippen molar-refractivity contribution in [3.8, 4) is 0 Å². The van der Waals surface area contributed by atoms with Crippen molar-refractivity contribution < 1.29 is 0 Å². The van der Waals surface area contributed by atoms with Gasteiger partial charge in [-0.2, -0.15) is 0 Å². The molecule has 1 aromatic rings. The normalized spacial score (nSPS) is 19.2. The maximum Gasteiger partial charge on any atom is 0.0440 e. The second-order valence-electron chi connectivity index (χ2n) is 4.15. The van der Waals surface area contributed by atoms with Gasteiger partial charge in [-0.3, -0.25) is 0 Å². The quantitative estimate of drug-likeness (QED) is 0.573. The van der Waals surface area contributed by atoms with Gasteiger partial charge in [0.15, 0.2) is 0 Å². The molecule has 0 fully saturated rings. The van der Waals surface area contributed by atoms with Crippen molar-refractivity contribution >= 4 is 11.6 Å². The van der Waals surface area contributed by atoms with Crippen LogP contribution < -0.4 is 0 Å². The van der Waals surface area contributed by atoms with E-state index in [9.17, 15) is 0 Å². The van der Waals surface area contributed by atoms with Gasteiger partial charge in [0.1, 0.15) is 0 Å². The summed E-state index contributed by atoms with van der Waals surface area (Å²) in [5.74, 6) is 0. The molecule has 0 saturated carbocycles. The third kappa shape index (κ3) is 1.06. The summed E-state index contributed by atoms with van der Waals surface area (Å²) in [6.45, 7) is 4.57. The molecule has 0 bridgehead atoms. The average molecular weight is 181 g/mol. The Morgan fingerprint density at radius 1 is 1.33 bits per heavy atom. The third-order valence-corrected chi connectivity index (χ3v) is 3.20. The lowest BCUT2D eigenvalue weighted by atomic mass is 9.87. The molecular weight excluding hydrogens is 168 g/mol. The molecule has 0 amide bonds. The highest BCUT2D eigenvalue weighted by atomic mass is 35.5. The highest BCUT2D eigenvalue weighted by molar-refractivity contribution is 6.31. The van der Waals surface area contributed by atoms with Crippen LogP contribution in [-0.2, 0) is 11.8 Å². The Morgan fingerprint density at radius 2 is 2.08 bits per heavy atom. The predicted octanol–water partition coefficient (Wildman–Crippen LogP) is 3.56. The van der Waals surface area contributed by atoms with E-state index < -0.39 is 0 Å². The Balaban J connectivity index is 2.61. The van der Waals surface area contributed by atoms with Crippen molar-refractivity contribution in [1.82, 2.24) is 0 Å². The van der Waals surface area contributed by atoms with Crippen LogP contribution in [0.3, 0.4) is 0 Å². The molecule has 1 aliphatic rings. The standard InChI is InChI=1S/C11H13Cl/c1-11(2)7-6-8-9(11)4-3-5-10(8)12/h3-5H,6-7H2,1-2H3. The van der Waals surface area contributed by atoms with Crippen molar-refractivity contribution in [2.75, 3.05) is 0 Å². The van der Waals surface area contributed by atoms with Gasteiger partial charge in [-0.25, -0.2) is 0 Å². The third-order valence-electron chi connectivity index (χ3n) is 2.85. The lowest BCUT2D eigenvalue weighted by Crippen LogP contribution is -2.11. The number of benzene rings is 1. The summed E-state index contributed by atoms with van der Waals surface area (Å²) in [4.78, 5) is 0. The predicted molar refractivity (Wildman–Crippen MR) is 52.8 cm³/mol. The van der Waals surface area contributed by atoms with E-state index in [1.165, 1.54) is 17.5 Å². The number of rotatable bonds is 0. The molecule has 0 heterocycles. The zero-order chi connectivity index (χ0) is 8.77. The van der Waals surface area contributed by atoms with Crippen LogP contribution >= 0.6 is 11.6 Å². The second kappa shape index (κ2) is 2.50. The molecule has 0 N–H and O–H groups in total. The summed E-state index contributed by atoms with van der Waals surface area (Å²) in [5, 5.41) is 0.943. The van der Waals surface area contributed by atoms with Crippen molar-refractivity contribution in [3.63, 3.8) is 0 Å². The van der Waals surface area contributed by atoms with Gasteiger partial charge in [-0.1, -0.05) is 37.6 Å². The first kappa shape index (κ1) is 8.12. The molecule has 1 heteroatoms. The van der Waals surface area contributed by atoms with Gasteiger partial charge >= 0.3 is 0 Å². The molecular formula is C11H13Cl. The van der Waals surface area contributed by atoms with E-state index in [4.69, 9.17) is 11.6 Å². The fourth-order valence-electron chi connectivity index (χ4n) is 2.02. The summed E-state index contributed by atoms with van der Waals surface area (Å²) < 4.78 is 0. The van der Waals surface area contributed by atoms with E-state index in [0.29, 0.717) is 5.41 Å². The van der Waals surface area contributed by atoms with E-state index in [1.54, 1.807) is 0 Å². The van der Waals surface area contributed by atoms with Gasteiger partial charge in [0.2, 0.25) is 0 Å². The van der Waals surface area contributed by atoms with Crippen molar-refractivity contribution in [3.05, 3.63) is 34.3 Å². The number of halogens is 1. The van der Waals surface area contributed by atoms with E-state index in [0.717, 1.165) is 11.4 Å². The van der Waals surface area contributed by atoms with Crippen LogP contribution in [0.5, 0.6) is 0 Å². The zero-order valence-corrected chi connectivity index (χ0v) is 8.28. The summed E-state index contributed by atoms with van der Waals surface area (Å²) in [7, 11) is 0. The SMILES string of the molecule is CC1(C)CCc2c(Cl)cccc21. The maximum atomic E-state index is 6.10. The van der Waals surface area contributed by atoms with E-state index >= 15 is 0 Å². The van der Waals surface area contributed by atoms with Crippen molar-refractivity contribution in [2.45, 2.75) is 32.1 Å². The minimum Gasteiger partial charge on any atom is -0.0840 e. The Hall–Kier alpha value is -0.490. The molecule has 64 valence electrons. The van der Waals surface area contributed by atoms with Crippen molar-refractivity contribution in [2.24, 2.45) is 0 Å². The highest BCUT2D eigenvalue weighted by Crippen LogP contribution is 2.40. The molecule has 0 nitrogen and oxygen atoms in total. The fraction of sp³-hybridized carbons (Fsp3) is 0.455. The molecule has 0 saturated heterocycles. The summed E-state index contributed by atoms with van der Waals surface area (Å²) in [6.07, 6.45) is 2.37. The first-order valence-electron chi connectivity index (χ1n) is 4.39. The number of fused-ring (bicyclic) bond motifs is 1. The smallest absolute Gasteiger partial charge is 0.0440 e. The molecule has 0 spiro atoms. The van der Waals surface area contributed by atoms with Crippen LogP contribution in [0.25, 0.3) is 0 Å². The topological polar surface area (TPSA) is 0 Å². The molecule has 0 aromatic heterocycles. The largest absolute Gasteiger partial charge is 0.0840 e. The molecule has 1 aliphatic carbocycles. The van der Waals surface area contributed by atoms with E-state index in [1.807, 2.05) is 12.1 Å². The van der Waals surface area contributed by atoms with Gasteiger partial charge in [0, 0.05) is 5.02 Å². The molecule has 0 atom stereocenters. The highest BCUT2D eigenvalue weighted by Gasteiger charge is 2.30. The maximum absolute atomic E-state index is 6.10. The van der Waals surface area contributed by atoms with Crippen LogP contribution in [0, 0.1) is 0 Å². The van der Waals surface area contributed by atoms with Gasteiger partial charge in [-0.15, -0.1) is 0 Å². The molecule has 1 aromatic carbocycles. The van der Waals surface area contributed by atoms with Crippen LogP contribution in [0.1, 0.15) is 31.4 Å². The van der Waals surface area contributed by atoms with Gasteiger partial charge in [0.25, 0.3) is 0 Å². The average Bonchev–Trinajstić information content (AvgIpc) is 2.30. The molecule has 12 heavy (non-hydrogen) atoms. The van der Waals surface area contributed by atoms with E-state index in [2.05, 4.69) is 19.9 Å². The molecule has 2 rings (SSSR count). The van der Waals surface area contributed by atoms with Crippen LogP contribution in [0.15, 0.2) is 18.2 Å². The number of hydrogen-bond acceptors (Lipinski definition) is 0. The molecule has 0 radical (unpaired) electrons. The summed E-state index contributed by atoms with van der Waals surface area (Å²) in [5.41, 5.74) is 3.14. The zero-order valence-electron chi connectivity index (χ0n) is 7.52. The summed E-state index contributed by atoms with van der Waals surface area (Å²) in [6, 6.07) is 6.24. The minimum absolute atomic E-state index is 0.334. The lowest BCUT2D eigenvalue weighted by Gasteiger charge is -2.18. The first-order chi connectivity index (χ1) is 5.61. The van der Waals surface area contributed by atoms with Gasteiger partial charge in [-0.05, 0) is 35.4 Å². The molecule has 0 unspecified atom stereocenters. The van der Waals surface area contributed by atoms with Crippen molar-refractivity contribution in [1.29, 1.82) is 0 Å². The van der Waals surface area contributed by atoms with Gasteiger partial charge < -0.3 is 0 Å². The Bertz CT molecular complexity index is 313. The fourth-order valence-corrected chi connectivity index (χ4v) is 2.29. The van der Waals surface area contributed by atoms with Crippen LogP contribution in [-0.4, -0.2) is 0 Å². The second-order valence-corrected chi connectivity index (χ2v) is 4.56. The Morgan fingerprint density at radius 3 is 2.75 bits per heavy atom. The lowest BCUT2D eigenvalue weighted by molar-refractivity contribution is 0.522. The monoisotopic (exact) mass is 180 g/mol. The van der Waals surface area contributed by atoms with Crippen LogP contribution in [0.4, 0.5) is 0 Å². The van der Waals surface area contributed by atoms with Crippen LogP contribution in [0.2, 0.25) is 5.02 Å². The number of hydrogen-bond donors (Lipinski definition) is 0. The van der Waals surface area contributed by atoms with Gasteiger partial charge in [0.05, 0.1) is 0 Å². The van der Waals surface area contributed by atoms with E-state index in [-0.39, 0.29) is 0 Å². The Kier molecular flexibility index (Phi) is 1.69. The minimum atomic E-state index is 0.334. The molecule has 0 aliphatic heterocycles. The first-order valence-corrected chi connectivity index (χ1v) is 4.77. The summed E-state index contributed by atoms with van der Waals surface area (Å²) >= 11 is 6.10. The Labute approximate surface area is 78.6 Å².